The minimum atomic E-state index is 0.0838. The van der Waals surface area contributed by atoms with Crippen LogP contribution in [0.4, 0.5) is 0 Å². The molecule has 3 rings (SSSR count). The average Bonchev–Trinajstić information content (AvgIpc) is 3.14. The minimum Gasteiger partial charge on any atom is -0.341 e. The number of thioether (sulfide) groups is 1. The van der Waals surface area contributed by atoms with Gasteiger partial charge in [0.2, 0.25) is 5.91 Å². The number of carbonyl (C=O) groups is 1. The fraction of sp³-hybridized carbons (Fsp3) is 0.929. The molecule has 0 aromatic carbocycles. The fourth-order valence-electron chi connectivity index (χ4n) is 3.47. The van der Waals surface area contributed by atoms with Gasteiger partial charge in [-0.2, -0.15) is 11.8 Å². The molecule has 3 aliphatic rings. The van der Waals surface area contributed by atoms with Crippen LogP contribution in [0.25, 0.3) is 0 Å². The van der Waals surface area contributed by atoms with Crippen LogP contribution in [0.3, 0.4) is 0 Å². The largest absolute Gasteiger partial charge is 0.341 e. The highest BCUT2D eigenvalue weighted by Gasteiger charge is 2.45. The van der Waals surface area contributed by atoms with E-state index in [0.29, 0.717) is 5.91 Å². The molecule has 4 heteroatoms. The molecule has 3 nitrogen and oxygen atoms in total. The quantitative estimate of drug-likeness (QED) is 0.843. The monoisotopic (exact) mass is 268 g/mol. The number of carbonyl (C=O) groups excluding carboxylic acids is 1. The van der Waals surface area contributed by atoms with Crippen molar-refractivity contribution in [1.29, 1.82) is 0 Å². The Balaban J connectivity index is 1.63. The van der Waals surface area contributed by atoms with Gasteiger partial charge in [0.1, 0.15) is 0 Å². The van der Waals surface area contributed by atoms with Crippen molar-refractivity contribution in [3.8, 4) is 0 Å². The summed E-state index contributed by atoms with van der Waals surface area (Å²) in [6, 6.07) is 0.0838. The van der Waals surface area contributed by atoms with Gasteiger partial charge in [-0.3, -0.25) is 4.79 Å². The number of hydrogen-bond donors (Lipinski definition) is 1. The Morgan fingerprint density at radius 1 is 1.28 bits per heavy atom. The Labute approximate surface area is 114 Å². The second-order valence-electron chi connectivity index (χ2n) is 6.13. The van der Waals surface area contributed by atoms with Crippen molar-refractivity contribution >= 4 is 17.7 Å². The van der Waals surface area contributed by atoms with Crippen molar-refractivity contribution in [2.75, 3.05) is 31.6 Å². The third-order valence-corrected chi connectivity index (χ3v) is 5.89. The predicted molar refractivity (Wildman–Crippen MR) is 75.7 cm³/mol. The Hall–Kier alpha value is -0.220. The molecular weight excluding hydrogens is 244 g/mol. The van der Waals surface area contributed by atoms with Crippen LogP contribution >= 0.6 is 11.8 Å². The topological polar surface area (TPSA) is 32.3 Å². The van der Waals surface area contributed by atoms with E-state index in [1.165, 1.54) is 30.8 Å². The molecule has 1 aliphatic carbocycles. The number of nitrogens with zero attached hydrogens (tertiary/aromatic N) is 1. The maximum Gasteiger partial charge on any atom is 0.239 e. The standard InChI is InChI=1S/C14H24N2OS/c1-15-13-7-11-6-12(11)9-16(14(13)17)8-10-2-4-18-5-3-10/h10-13,15H,2-9H2,1H3. The van der Waals surface area contributed by atoms with E-state index in [9.17, 15) is 4.79 Å². The average molecular weight is 268 g/mol. The van der Waals surface area contributed by atoms with Gasteiger partial charge >= 0.3 is 0 Å². The summed E-state index contributed by atoms with van der Waals surface area (Å²) in [5.74, 6) is 5.32. The maximum atomic E-state index is 12.5. The highest BCUT2D eigenvalue weighted by atomic mass is 32.2. The number of amides is 1. The zero-order valence-corrected chi connectivity index (χ0v) is 12.0. The molecule has 2 heterocycles. The summed E-state index contributed by atoms with van der Waals surface area (Å²) < 4.78 is 0. The van der Waals surface area contributed by atoms with Gasteiger partial charge in [-0.25, -0.2) is 0 Å². The molecule has 0 aromatic heterocycles. The fourth-order valence-corrected chi connectivity index (χ4v) is 4.67. The lowest BCUT2D eigenvalue weighted by atomic mass is 10.0. The summed E-state index contributed by atoms with van der Waals surface area (Å²) in [4.78, 5) is 14.7. The first-order valence-corrected chi connectivity index (χ1v) is 8.47. The van der Waals surface area contributed by atoms with Gasteiger partial charge in [0, 0.05) is 13.1 Å². The number of rotatable bonds is 3. The number of nitrogens with one attached hydrogen (secondary N) is 1. The second kappa shape index (κ2) is 5.41. The molecule has 3 atom stereocenters. The highest BCUT2D eigenvalue weighted by Crippen LogP contribution is 2.44. The van der Waals surface area contributed by atoms with Crippen LogP contribution in [0.15, 0.2) is 0 Å². The summed E-state index contributed by atoms with van der Waals surface area (Å²) in [6.45, 7) is 2.05. The van der Waals surface area contributed by atoms with Gasteiger partial charge in [0.15, 0.2) is 0 Å². The van der Waals surface area contributed by atoms with E-state index in [4.69, 9.17) is 0 Å². The van der Waals surface area contributed by atoms with Crippen molar-refractivity contribution in [3.05, 3.63) is 0 Å². The second-order valence-corrected chi connectivity index (χ2v) is 7.36. The van der Waals surface area contributed by atoms with Crippen LogP contribution < -0.4 is 5.32 Å². The number of hydrogen-bond acceptors (Lipinski definition) is 3. The SMILES string of the molecule is CNC1CC2CC2CN(CC2CCSCC2)C1=O. The van der Waals surface area contributed by atoms with Crippen molar-refractivity contribution in [2.45, 2.75) is 31.7 Å². The normalized spacial score (nSPS) is 37.3. The van der Waals surface area contributed by atoms with Crippen LogP contribution in [0.5, 0.6) is 0 Å². The number of fused-ring (bicyclic) bond motifs is 1. The summed E-state index contributed by atoms with van der Waals surface area (Å²) in [5.41, 5.74) is 0. The van der Waals surface area contributed by atoms with Crippen LogP contribution in [0.2, 0.25) is 0 Å². The van der Waals surface area contributed by atoms with Gasteiger partial charge in [0.25, 0.3) is 0 Å². The predicted octanol–water partition coefficient (Wildman–Crippen LogP) is 1.59. The van der Waals surface area contributed by atoms with Gasteiger partial charge in [0.05, 0.1) is 6.04 Å². The molecule has 18 heavy (non-hydrogen) atoms. The molecule has 0 aromatic rings. The molecule has 0 bridgehead atoms. The Kier molecular flexibility index (Phi) is 3.85. The zero-order chi connectivity index (χ0) is 12.5. The third-order valence-electron chi connectivity index (χ3n) is 4.84. The van der Waals surface area contributed by atoms with E-state index in [1.807, 2.05) is 7.05 Å². The number of likely N-dealkylation sites (N-methyl/N-ethyl adjacent to an activating group) is 1. The molecule has 3 fully saturated rings. The van der Waals surface area contributed by atoms with Crippen molar-refractivity contribution in [3.63, 3.8) is 0 Å². The summed E-state index contributed by atoms with van der Waals surface area (Å²) >= 11 is 2.06. The summed E-state index contributed by atoms with van der Waals surface area (Å²) in [5, 5.41) is 3.22. The van der Waals surface area contributed by atoms with Crippen LogP contribution in [-0.4, -0.2) is 48.5 Å². The van der Waals surface area contributed by atoms with E-state index in [0.717, 1.165) is 37.3 Å². The molecule has 3 unspecified atom stereocenters. The number of likely N-dealkylation sites (tertiary alicyclic amines) is 1. The molecule has 0 spiro atoms. The maximum absolute atomic E-state index is 12.5. The molecule has 1 amide bonds. The third kappa shape index (κ3) is 2.69. The Morgan fingerprint density at radius 2 is 2.06 bits per heavy atom. The first-order valence-electron chi connectivity index (χ1n) is 7.31. The summed E-state index contributed by atoms with van der Waals surface area (Å²) in [6.07, 6.45) is 5.01. The first kappa shape index (κ1) is 12.8. The van der Waals surface area contributed by atoms with Crippen molar-refractivity contribution in [1.82, 2.24) is 10.2 Å². The Bertz CT molecular complexity index is 317. The van der Waals surface area contributed by atoms with Crippen molar-refractivity contribution < 1.29 is 4.79 Å². The molecular formula is C14H24N2OS. The van der Waals surface area contributed by atoms with Gasteiger partial charge in [-0.1, -0.05) is 0 Å². The smallest absolute Gasteiger partial charge is 0.239 e. The van der Waals surface area contributed by atoms with Gasteiger partial charge in [-0.15, -0.1) is 0 Å². The minimum absolute atomic E-state index is 0.0838. The molecule has 2 saturated heterocycles. The Morgan fingerprint density at radius 3 is 2.78 bits per heavy atom. The van der Waals surface area contributed by atoms with E-state index in [2.05, 4.69) is 22.0 Å². The highest BCUT2D eigenvalue weighted by molar-refractivity contribution is 7.99. The zero-order valence-electron chi connectivity index (χ0n) is 11.2. The van der Waals surface area contributed by atoms with Gasteiger partial charge < -0.3 is 10.2 Å². The van der Waals surface area contributed by atoms with E-state index in [-0.39, 0.29) is 6.04 Å². The lowest BCUT2D eigenvalue weighted by Crippen LogP contribution is -2.46. The van der Waals surface area contributed by atoms with Crippen LogP contribution in [0, 0.1) is 17.8 Å². The molecule has 0 radical (unpaired) electrons. The lowest BCUT2D eigenvalue weighted by molar-refractivity contribution is -0.133. The van der Waals surface area contributed by atoms with E-state index >= 15 is 0 Å². The summed E-state index contributed by atoms with van der Waals surface area (Å²) in [7, 11) is 1.93. The molecule has 2 aliphatic heterocycles. The van der Waals surface area contributed by atoms with Crippen molar-refractivity contribution in [2.24, 2.45) is 17.8 Å². The first-order chi connectivity index (χ1) is 8.78. The molecule has 1 N–H and O–H groups in total. The van der Waals surface area contributed by atoms with E-state index < -0.39 is 0 Å². The van der Waals surface area contributed by atoms with Crippen LogP contribution in [0.1, 0.15) is 25.7 Å². The van der Waals surface area contributed by atoms with E-state index in [1.54, 1.807) is 0 Å². The van der Waals surface area contributed by atoms with Crippen LogP contribution in [-0.2, 0) is 4.79 Å². The molecule has 102 valence electrons. The molecule has 1 saturated carbocycles. The van der Waals surface area contributed by atoms with Gasteiger partial charge in [-0.05, 0) is 62.0 Å². The lowest BCUT2D eigenvalue weighted by Gasteiger charge is -2.31.